The Labute approximate surface area is 122 Å². The predicted octanol–water partition coefficient (Wildman–Crippen LogP) is 2.41. The van der Waals surface area contributed by atoms with Gasteiger partial charge in [0.05, 0.1) is 18.2 Å². The molecular weight excluding hydrogens is 272 g/mol. The molecule has 1 N–H and O–H groups in total. The highest BCUT2D eigenvalue weighted by Gasteiger charge is 2.24. The Morgan fingerprint density at radius 1 is 1.38 bits per heavy atom. The van der Waals surface area contributed by atoms with Crippen molar-refractivity contribution in [1.29, 1.82) is 0 Å². The van der Waals surface area contributed by atoms with Gasteiger partial charge in [0, 0.05) is 12.6 Å². The maximum Gasteiger partial charge on any atom is 0.356 e. The summed E-state index contributed by atoms with van der Waals surface area (Å²) in [5.74, 6) is -1.13. The SMILES string of the molecule is COC(=O)c1cccn2c(CC(C)(C)C)nc(C(=O)O)c12. The molecule has 6 nitrogen and oxygen atoms in total. The van der Waals surface area contributed by atoms with E-state index in [1.54, 1.807) is 16.7 Å². The molecule has 2 heterocycles. The van der Waals surface area contributed by atoms with Crippen LogP contribution in [0.4, 0.5) is 0 Å². The van der Waals surface area contributed by atoms with Crippen LogP contribution < -0.4 is 0 Å². The summed E-state index contributed by atoms with van der Waals surface area (Å²) in [5.41, 5.74) is 0.287. The highest BCUT2D eigenvalue weighted by molar-refractivity contribution is 6.04. The van der Waals surface area contributed by atoms with Gasteiger partial charge in [-0.2, -0.15) is 0 Å². The van der Waals surface area contributed by atoms with Crippen molar-refractivity contribution in [1.82, 2.24) is 9.38 Å². The highest BCUT2D eigenvalue weighted by atomic mass is 16.5. The number of rotatable bonds is 3. The summed E-state index contributed by atoms with van der Waals surface area (Å²) in [7, 11) is 1.26. The van der Waals surface area contributed by atoms with Crippen molar-refractivity contribution in [2.75, 3.05) is 7.11 Å². The summed E-state index contributed by atoms with van der Waals surface area (Å²) in [6.07, 6.45) is 2.30. The zero-order valence-electron chi connectivity index (χ0n) is 12.5. The van der Waals surface area contributed by atoms with Crippen LogP contribution >= 0.6 is 0 Å². The van der Waals surface area contributed by atoms with E-state index in [9.17, 15) is 14.7 Å². The Hall–Kier alpha value is -2.37. The van der Waals surface area contributed by atoms with Crippen molar-refractivity contribution in [3.8, 4) is 0 Å². The molecule has 0 saturated carbocycles. The lowest BCUT2D eigenvalue weighted by molar-refractivity contribution is 0.0602. The van der Waals surface area contributed by atoms with Crippen molar-refractivity contribution in [2.45, 2.75) is 27.2 Å². The molecule has 21 heavy (non-hydrogen) atoms. The van der Waals surface area contributed by atoms with Crippen molar-refractivity contribution >= 4 is 17.5 Å². The molecule has 0 aromatic carbocycles. The van der Waals surface area contributed by atoms with Crippen LogP contribution in [0.2, 0.25) is 0 Å². The Kier molecular flexibility index (Phi) is 3.72. The molecule has 0 unspecified atom stereocenters. The standard InChI is InChI=1S/C15H18N2O4/c1-15(2,3)8-10-16-11(13(18)19)12-9(14(20)21-4)6-5-7-17(10)12/h5-7H,8H2,1-4H3,(H,18,19). The number of imidazole rings is 1. The van der Waals surface area contributed by atoms with Gasteiger partial charge in [0.2, 0.25) is 0 Å². The van der Waals surface area contributed by atoms with Crippen molar-refractivity contribution in [3.05, 3.63) is 35.4 Å². The number of aromatic nitrogens is 2. The maximum atomic E-state index is 11.8. The summed E-state index contributed by atoms with van der Waals surface area (Å²) in [6.45, 7) is 6.12. The van der Waals surface area contributed by atoms with E-state index in [1.165, 1.54) is 13.2 Å². The van der Waals surface area contributed by atoms with Gasteiger partial charge in [-0.1, -0.05) is 20.8 Å². The predicted molar refractivity (Wildman–Crippen MR) is 76.6 cm³/mol. The number of carbonyl (C=O) groups excluding carboxylic acids is 1. The third kappa shape index (κ3) is 2.89. The smallest absolute Gasteiger partial charge is 0.356 e. The Morgan fingerprint density at radius 3 is 2.57 bits per heavy atom. The van der Waals surface area contributed by atoms with E-state index in [-0.39, 0.29) is 22.2 Å². The topological polar surface area (TPSA) is 80.9 Å². The fourth-order valence-electron chi connectivity index (χ4n) is 2.22. The molecule has 0 saturated heterocycles. The molecule has 0 fully saturated rings. The number of hydrogen-bond donors (Lipinski definition) is 1. The number of pyridine rings is 1. The van der Waals surface area contributed by atoms with E-state index in [4.69, 9.17) is 4.74 Å². The highest BCUT2D eigenvalue weighted by Crippen LogP contribution is 2.24. The van der Waals surface area contributed by atoms with Crippen LogP contribution in [0.25, 0.3) is 5.52 Å². The minimum atomic E-state index is -1.16. The number of carboxylic acid groups (broad SMARTS) is 1. The first-order chi connectivity index (χ1) is 9.74. The number of carboxylic acids is 1. The van der Waals surface area contributed by atoms with Gasteiger partial charge in [-0.25, -0.2) is 14.6 Å². The zero-order valence-corrected chi connectivity index (χ0v) is 12.5. The van der Waals surface area contributed by atoms with Gasteiger partial charge in [0.25, 0.3) is 0 Å². The normalized spacial score (nSPS) is 11.6. The Balaban J connectivity index is 2.75. The van der Waals surface area contributed by atoms with Crippen molar-refractivity contribution in [2.24, 2.45) is 5.41 Å². The van der Waals surface area contributed by atoms with E-state index in [0.29, 0.717) is 12.2 Å². The van der Waals surface area contributed by atoms with Crippen LogP contribution in [0.1, 0.15) is 47.4 Å². The molecule has 0 spiro atoms. The molecule has 6 heteroatoms. The largest absolute Gasteiger partial charge is 0.476 e. The van der Waals surface area contributed by atoms with Gasteiger partial charge in [-0.15, -0.1) is 0 Å². The summed E-state index contributed by atoms with van der Waals surface area (Å²) < 4.78 is 6.37. The molecule has 2 aromatic heterocycles. The number of carbonyl (C=O) groups is 2. The first-order valence-corrected chi connectivity index (χ1v) is 6.56. The van der Waals surface area contributed by atoms with Crippen LogP contribution in [0.3, 0.4) is 0 Å². The number of nitrogens with zero attached hydrogens (tertiary/aromatic N) is 2. The molecule has 0 aliphatic heterocycles. The third-order valence-electron chi connectivity index (χ3n) is 3.03. The number of fused-ring (bicyclic) bond motifs is 1. The number of aromatic carboxylic acids is 1. The fourth-order valence-corrected chi connectivity index (χ4v) is 2.22. The molecule has 0 radical (unpaired) electrons. The minimum absolute atomic E-state index is 0.0572. The van der Waals surface area contributed by atoms with E-state index >= 15 is 0 Å². The van der Waals surface area contributed by atoms with Crippen LogP contribution in [0.5, 0.6) is 0 Å². The zero-order chi connectivity index (χ0) is 15.8. The first kappa shape index (κ1) is 15.0. The number of esters is 1. The Bertz CT molecular complexity index is 710. The van der Waals surface area contributed by atoms with Crippen LogP contribution in [0.15, 0.2) is 18.3 Å². The van der Waals surface area contributed by atoms with Gasteiger partial charge >= 0.3 is 11.9 Å². The molecular formula is C15H18N2O4. The van der Waals surface area contributed by atoms with Crippen LogP contribution in [-0.2, 0) is 11.2 Å². The first-order valence-electron chi connectivity index (χ1n) is 6.56. The quantitative estimate of drug-likeness (QED) is 0.878. The average molecular weight is 290 g/mol. The second-order valence-corrected chi connectivity index (χ2v) is 6.05. The van der Waals surface area contributed by atoms with Gasteiger partial charge in [0.1, 0.15) is 5.82 Å². The monoisotopic (exact) mass is 290 g/mol. The van der Waals surface area contributed by atoms with E-state index in [1.807, 2.05) is 20.8 Å². The van der Waals surface area contributed by atoms with Crippen molar-refractivity contribution < 1.29 is 19.4 Å². The number of hydrogen-bond acceptors (Lipinski definition) is 4. The summed E-state index contributed by atoms with van der Waals surface area (Å²) in [4.78, 5) is 27.5. The molecule has 2 rings (SSSR count). The summed E-state index contributed by atoms with van der Waals surface area (Å²) in [5, 5.41) is 9.35. The van der Waals surface area contributed by atoms with Crippen LogP contribution in [0, 0.1) is 5.41 Å². The second kappa shape index (κ2) is 5.20. The molecule has 0 aliphatic carbocycles. The lowest BCUT2D eigenvalue weighted by Gasteiger charge is -2.16. The van der Waals surface area contributed by atoms with Gasteiger partial charge < -0.3 is 14.2 Å². The molecule has 0 bridgehead atoms. The molecule has 2 aromatic rings. The second-order valence-electron chi connectivity index (χ2n) is 6.05. The van der Waals surface area contributed by atoms with Crippen molar-refractivity contribution in [3.63, 3.8) is 0 Å². The molecule has 0 amide bonds. The number of ether oxygens (including phenoxy) is 1. The van der Waals surface area contributed by atoms with Gasteiger partial charge in [-0.05, 0) is 17.5 Å². The number of methoxy groups -OCH3 is 1. The lowest BCUT2D eigenvalue weighted by atomic mass is 9.92. The summed E-state index contributed by atoms with van der Waals surface area (Å²) >= 11 is 0. The fraction of sp³-hybridized carbons (Fsp3) is 0.400. The van der Waals surface area contributed by atoms with E-state index in [2.05, 4.69) is 4.98 Å². The lowest BCUT2D eigenvalue weighted by Crippen LogP contribution is -2.12. The minimum Gasteiger partial charge on any atom is -0.476 e. The average Bonchev–Trinajstić information content (AvgIpc) is 2.75. The van der Waals surface area contributed by atoms with Gasteiger partial charge in [0.15, 0.2) is 5.69 Å². The molecule has 112 valence electrons. The Morgan fingerprint density at radius 2 is 2.05 bits per heavy atom. The van der Waals surface area contributed by atoms with Crippen LogP contribution in [-0.4, -0.2) is 33.5 Å². The third-order valence-corrected chi connectivity index (χ3v) is 3.03. The van der Waals surface area contributed by atoms with E-state index in [0.717, 1.165) is 0 Å². The van der Waals surface area contributed by atoms with E-state index < -0.39 is 11.9 Å². The summed E-state index contributed by atoms with van der Waals surface area (Å²) in [6, 6.07) is 3.22. The molecule has 0 atom stereocenters. The maximum absolute atomic E-state index is 11.8. The van der Waals surface area contributed by atoms with Gasteiger partial charge in [-0.3, -0.25) is 0 Å². The molecule has 0 aliphatic rings.